The number of nitrogens with one attached hydrogen (secondary N) is 2. The fourth-order valence-electron chi connectivity index (χ4n) is 1.83. The quantitative estimate of drug-likeness (QED) is 0.657. The van der Waals surface area contributed by atoms with Crippen LogP contribution in [0.2, 0.25) is 0 Å². The first-order valence-electron chi connectivity index (χ1n) is 6.93. The van der Waals surface area contributed by atoms with E-state index in [0.717, 1.165) is 11.3 Å². The first-order chi connectivity index (χ1) is 11.1. The molecule has 0 heterocycles. The van der Waals surface area contributed by atoms with E-state index in [1.54, 1.807) is 37.6 Å². The third-order valence-corrected chi connectivity index (χ3v) is 2.96. The Morgan fingerprint density at radius 1 is 1.04 bits per heavy atom. The van der Waals surface area contributed by atoms with E-state index < -0.39 is 0 Å². The Morgan fingerprint density at radius 3 is 2.26 bits per heavy atom. The van der Waals surface area contributed by atoms with E-state index in [1.165, 1.54) is 6.92 Å². The van der Waals surface area contributed by atoms with Crippen molar-refractivity contribution >= 4 is 23.7 Å². The number of ether oxygens (including phenoxy) is 1. The molecule has 0 unspecified atom stereocenters. The molecule has 0 atom stereocenters. The second-order valence-electron chi connectivity index (χ2n) is 4.73. The lowest BCUT2D eigenvalue weighted by Gasteiger charge is -2.03. The first-order valence-corrected chi connectivity index (χ1v) is 6.93. The van der Waals surface area contributed by atoms with E-state index in [4.69, 9.17) is 4.74 Å². The lowest BCUT2D eigenvalue weighted by Crippen LogP contribution is -2.17. The predicted octanol–water partition coefficient (Wildman–Crippen LogP) is 2.42. The van der Waals surface area contributed by atoms with E-state index >= 15 is 0 Å². The van der Waals surface area contributed by atoms with Gasteiger partial charge in [0.15, 0.2) is 0 Å². The third kappa shape index (κ3) is 4.96. The molecule has 2 N–H and O–H groups in total. The monoisotopic (exact) mass is 311 g/mol. The lowest BCUT2D eigenvalue weighted by molar-refractivity contribution is -0.114. The Kier molecular flexibility index (Phi) is 5.46. The number of methoxy groups -OCH3 is 1. The molecule has 2 rings (SSSR count). The van der Waals surface area contributed by atoms with Gasteiger partial charge in [-0.05, 0) is 54.1 Å². The van der Waals surface area contributed by atoms with E-state index in [0.29, 0.717) is 11.3 Å². The van der Waals surface area contributed by atoms with E-state index in [-0.39, 0.29) is 11.8 Å². The number of carbonyl (C=O) groups excluding carboxylic acids is 2. The van der Waals surface area contributed by atoms with Crippen LogP contribution >= 0.6 is 0 Å². The number of carbonyl (C=O) groups is 2. The van der Waals surface area contributed by atoms with Gasteiger partial charge in [0.2, 0.25) is 5.91 Å². The maximum Gasteiger partial charge on any atom is 0.271 e. The Labute approximate surface area is 134 Å². The van der Waals surface area contributed by atoms with Gasteiger partial charge in [0.25, 0.3) is 5.91 Å². The topological polar surface area (TPSA) is 79.8 Å². The van der Waals surface area contributed by atoms with Gasteiger partial charge in [-0.1, -0.05) is 0 Å². The summed E-state index contributed by atoms with van der Waals surface area (Å²) in [7, 11) is 1.60. The number of hydrogen-bond acceptors (Lipinski definition) is 4. The highest BCUT2D eigenvalue weighted by molar-refractivity contribution is 5.96. The molecule has 0 aromatic heterocycles. The van der Waals surface area contributed by atoms with Crippen LogP contribution in [0, 0.1) is 0 Å². The van der Waals surface area contributed by atoms with Crippen molar-refractivity contribution in [2.75, 3.05) is 12.4 Å². The zero-order chi connectivity index (χ0) is 16.7. The third-order valence-electron chi connectivity index (χ3n) is 2.96. The SMILES string of the molecule is COc1ccc(/C=N/NC(=O)c2ccc(NC(C)=O)cc2)cc1. The second kappa shape index (κ2) is 7.74. The highest BCUT2D eigenvalue weighted by atomic mass is 16.5. The molecule has 0 aliphatic rings. The molecule has 0 saturated carbocycles. The molecule has 0 spiro atoms. The van der Waals surface area contributed by atoms with E-state index in [2.05, 4.69) is 15.8 Å². The van der Waals surface area contributed by atoms with Gasteiger partial charge in [-0.3, -0.25) is 9.59 Å². The summed E-state index contributed by atoms with van der Waals surface area (Å²) in [6.07, 6.45) is 1.54. The van der Waals surface area contributed by atoms with Gasteiger partial charge in [0.05, 0.1) is 13.3 Å². The Morgan fingerprint density at radius 2 is 1.70 bits per heavy atom. The predicted molar refractivity (Wildman–Crippen MR) is 88.8 cm³/mol. The Balaban J connectivity index is 1.93. The summed E-state index contributed by atoms with van der Waals surface area (Å²) in [5.41, 5.74) is 4.37. The van der Waals surface area contributed by atoms with Gasteiger partial charge in [-0.25, -0.2) is 5.43 Å². The maximum atomic E-state index is 11.9. The standard InChI is InChI=1S/C17H17N3O3/c1-12(21)19-15-7-5-14(6-8-15)17(22)20-18-11-13-3-9-16(23-2)10-4-13/h3-11H,1-2H3,(H,19,21)(H,20,22)/b18-11+. The van der Waals surface area contributed by atoms with Crippen molar-refractivity contribution in [3.8, 4) is 5.75 Å². The summed E-state index contributed by atoms with van der Waals surface area (Å²) in [4.78, 5) is 22.9. The van der Waals surface area contributed by atoms with Gasteiger partial charge < -0.3 is 10.1 Å². The number of hydrazone groups is 1. The van der Waals surface area contributed by atoms with Crippen LogP contribution in [0.4, 0.5) is 5.69 Å². The van der Waals surface area contributed by atoms with Crippen LogP contribution in [0.5, 0.6) is 5.75 Å². The van der Waals surface area contributed by atoms with Crippen LogP contribution in [0.1, 0.15) is 22.8 Å². The van der Waals surface area contributed by atoms with Crippen LogP contribution in [0.25, 0.3) is 0 Å². The summed E-state index contributed by atoms with van der Waals surface area (Å²) in [5.74, 6) is 0.265. The molecule has 2 amide bonds. The average molecular weight is 311 g/mol. The molecule has 0 radical (unpaired) electrons. The summed E-state index contributed by atoms with van der Waals surface area (Å²) in [6, 6.07) is 13.8. The van der Waals surface area contributed by atoms with Crippen LogP contribution in [0.15, 0.2) is 53.6 Å². The van der Waals surface area contributed by atoms with Gasteiger partial charge in [-0.2, -0.15) is 5.10 Å². The summed E-state index contributed by atoms with van der Waals surface area (Å²) in [5, 5.41) is 6.54. The Bertz CT molecular complexity index is 707. The van der Waals surface area contributed by atoms with Gasteiger partial charge in [0.1, 0.15) is 5.75 Å². The molecule has 118 valence electrons. The highest BCUT2D eigenvalue weighted by Gasteiger charge is 2.04. The molecule has 6 nitrogen and oxygen atoms in total. The van der Waals surface area contributed by atoms with Crippen molar-refractivity contribution in [3.05, 3.63) is 59.7 Å². The number of anilines is 1. The molecule has 0 saturated heterocycles. The Hall–Kier alpha value is -3.15. The molecule has 2 aromatic carbocycles. The highest BCUT2D eigenvalue weighted by Crippen LogP contribution is 2.10. The van der Waals surface area contributed by atoms with Crippen molar-refractivity contribution in [2.24, 2.45) is 5.10 Å². The molecular weight excluding hydrogens is 294 g/mol. The first kappa shape index (κ1) is 16.2. The fraction of sp³-hybridized carbons (Fsp3) is 0.118. The smallest absolute Gasteiger partial charge is 0.271 e. The minimum absolute atomic E-state index is 0.161. The molecule has 0 aliphatic heterocycles. The van der Waals surface area contributed by atoms with Crippen molar-refractivity contribution in [1.82, 2.24) is 5.43 Å². The largest absolute Gasteiger partial charge is 0.497 e. The number of rotatable bonds is 5. The van der Waals surface area contributed by atoms with Crippen molar-refractivity contribution in [2.45, 2.75) is 6.92 Å². The van der Waals surface area contributed by atoms with Crippen LogP contribution in [-0.2, 0) is 4.79 Å². The molecule has 0 fully saturated rings. The number of hydrogen-bond donors (Lipinski definition) is 2. The minimum Gasteiger partial charge on any atom is -0.497 e. The van der Waals surface area contributed by atoms with Crippen LogP contribution in [-0.4, -0.2) is 25.1 Å². The van der Waals surface area contributed by atoms with Gasteiger partial charge >= 0.3 is 0 Å². The van der Waals surface area contributed by atoms with E-state index in [1.807, 2.05) is 24.3 Å². The number of amides is 2. The van der Waals surface area contributed by atoms with Gasteiger partial charge in [-0.15, -0.1) is 0 Å². The van der Waals surface area contributed by atoms with E-state index in [9.17, 15) is 9.59 Å². The molecule has 23 heavy (non-hydrogen) atoms. The van der Waals surface area contributed by atoms with Crippen LogP contribution in [0.3, 0.4) is 0 Å². The van der Waals surface area contributed by atoms with Crippen molar-refractivity contribution < 1.29 is 14.3 Å². The normalized spacial score (nSPS) is 10.3. The number of nitrogens with zero attached hydrogens (tertiary/aromatic N) is 1. The van der Waals surface area contributed by atoms with Crippen LogP contribution < -0.4 is 15.5 Å². The molecule has 0 bridgehead atoms. The summed E-state index contributed by atoms with van der Waals surface area (Å²) >= 11 is 0. The molecule has 6 heteroatoms. The zero-order valence-electron chi connectivity index (χ0n) is 12.9. The molecule has 2 aromatic rings. The van der Waals surface area contributed by atoms with Gasteiger partial charge in [0, 0.05) is 18.2 Å². The second-order valence-corrected chi connectivity index (χ2v) is 4.73. The number of benzene rings is 2. The van der Waals surface area contributed by atoms with Crippen molar-refractivity contribution in [1.29, 1.82) is 0 Å². The molecule has 0 aliphatic carbocycles. The summed E-state index contributed by atoms with van der Waals surface area (Å²) in [6.45, 7) is 1.43. The fourth-order valence-corrected chi connectivity index (χ4v) is 1.83. The molecular formula is C17H17N3O3. The van der Waals surface area contributed by atoms with Crippen molar-refractivity contribution in [3.63, 3.8) is 0 Å². The average Bonchev–Trinajstić information content (AvgIpc) is 2.55. The lowest BCUT2D eigenvalue weighted by atomic mass is 10.2. The minimum atomic E-state index is -0.330. The zero-order valence-corrected chi connectivity index (χ0v) is 12.9. The summed E-state index contributed by atoms with van der Waals surface area (Å²) < 4.78 is 5.06. The maximum absolute atomic E-state index is 11.9.